The first-order chi connectivity index (χ1) is 16.0. The number of amides is 2. The van der Waals surface area contributed by atoms with Gasteiger partial charge in [-0.1, -0.05) is 24.3 Å². The van der Waals surface area contributed by atoms with Gasteiger partial charge in [0.25, 0.3) is 5.56 Å². The van der Waals surface area contributed by atoms with Crippen LogP contribution in [0.5, 0.6) is 0 Å². The van der Waals surface area contributed by atoms with Crippen molar-refractivity contribution in [3.63, 3.8) is 0 Å². The maximum Gasteiger partial charge on any atom is 0.321 e. The molecule has 5 nitrogen and oxygen atoms in total. The number of carbonyl (C=O) groups is 1. The minimum Gasteiger partial charge on any atom is -0.324 e. The molecule has 166 valence electrons. The number of carbonyl (C=O) groups excluding carboxylic acids is 1. The molecule has 1 N–H and O–H groups in total. The summed E-state index contributed by atoms with van der Waals surface area (Å²) in [6, 6.07) is 19.9. The van der Waals surface area contributed by atoms with Gasteiger partial charge in [0.05, 0.1) is 5.56 Å². The highest BCUT2D eigenvalue weighted by atomic mass is 32.1. The van der Waals surface area contributed by atoms with Crippen LogP contribution in [0, 0.1) is 11.7 Å². The molecule has 4 aromatic rings. The molecule has 1 saturated heterocycles. The second-order valence-electron chi connectivity index (χ2n) is 8.88. The number of anilines is 1. The molecule has 2 aromatic heterocycles. The van der Waals surface area contributed by atoms with Crippen molar-refractivity contribution < 1.29 is 9.18 Å². The van der Waals surface area contributed by atoms with E-state index in [1.54, 1.807) is 28.4 Å². The maximum absolute atomic E-state index is 13.5. The van der Waals surface area contributed by atoms with Crippen LogP contribution < -0.4 is 10.9 Å². The number of hydrogen-bond donors (Lipinski definition) is 1. The molecule has 2 bridgehead atoms. The van der Waals surface area contributed by atoms with Crippen molar-refractivity contribution in [2.24, 2.45) is 5.92 Å². The van der Waals surface area contributed by atoms with Gasteiger partial charge in [0.1, 0.15) is 5.82 Å². The third-order valence-corrected chi connectivity index (χ3v) is 7.81. The van der Waals surface area contributed by atoms with E-state index in [9.17, 15) is 14.0 Å². The Balaban J connectivity index is 1.27. The molecule has 2 amide bonds. The Kier molecular flexibility index (Phi) is 4.80. The van der Waals surface area contributed by atoms with E-state index < -0.39 is 0 Å². The third kappa shape index (κ3) is 3.62. The normalized spacial score (nSPS) is 19.4. The number of benzene rings is 2. The van der Waals surface area contributed by atoms with Crippen molar-refractivity contribution in [1.82, 2.24) is 9.47 Å². The quantitative estimate of drug-likeness (QED) is 0.429. The summed E-state index contributed by atoms with van der Waals surface area (Å²) < 4.78 is 16.6. The van der Waals surface area contributed by atoms with Crippen molar-refractivity contribution in [1.29, 1.82) is 0 Å². The number of likely N-dealkylation sites (tertiary alicyclic amines) is 1. The lowest BCUT2D eigenvalue weighted by atomic mass is 9.83. The minimum atomic E-state index is -0.383. The highest BCUT2D eigenvalue weighted by molar-refractivity contribution is 7.22. The zero-order chi connectivity index (χ0) is 22.5. The Morgan fingerprint density at radius 1 is 1.00 bits per heavy atom. The molecule has 7 heteroatoms. The number of urea groups is 1. The molecule has 2 aromatic carbocycles. The second-order valence-corrected chi connectivity index (χ2v) is 9.96. The van der Waals surface area contributed by atoms with E-state index in [-0.39, 0.29) is 29.2 Å². The predicted octanol–water partition coefficient (Wildman–Crippen LogP) is 5.52. The number of pyridine rings is 1. The number of thiophene rings is 1. The number of rotatable bonds is 2. The van der Waals surface area contributed by atoms with Gasteiger partial charge in [-0.3, -0.25) is 4.79 Å². The summed E-state index contributed by atoms with van der Waals surface area (Å²) in [6.07, 6.45) is 0.964. The topological polar surface area (TPSA) is 54.3 Å². The van der Waals surface area contributed by atoms with Gasteiger partial charge in [0.15, 0.2) is 0 Å². The fourth-order valence-electron chi connectivity index (χ4n) is 5.18. The van der Waals surface area contributed by atoms with Crippen molar-refractivity contribution in [2.45, 2.75) is 18.9 Å². The highest BCUT2D eigenvalue weighted by Crippen LogP contribution is 2.37. The largest absolute Gasteiger partial charge is 0.324 e. The lowest BCUT2D eigenvalue weighted by molar-refractivity contribution is 0.139. The van der Waals surface area contributed by atoms with E-state index in [0.29, 0.717) is 25.3 Å². The number of aromatic nitrogens is 1. The van der Waals surface area contributed by atoms with Crippen molar-refractivity contribution in [3.05, 3.63) is 88.6 Å². The summed E-state index contributed by atoms with van der Waals surface area (Å²) >= 11 is 1.64. The standard InChI is InChI=1S/C26H22FN3O2S/c27-19-5-3-6-20(12-19)28-26(32)29-13-16-10-18(15-29)22-9-8-21(25(31)30(22)14-16)24-11-17-4-1-2-7-23(17)33-24/h1-9,11-12,16,18H,10,13-15H2,(H,28,32)/t16-,18+/m0/s1. The summed E-state index contributed by atoms with van der Waals surface area (Å²) in [5.41, 5.74) is 2.22. The number of piperidine rings is 1. The predicted molar refractivity (Wildman–Crippen MR) is 129 cm³/mol. The van der Waals surface area contributed by atoms with Gasteiger partial charge in [-0.25, -0.2) is 9.18 Å². The third-order valence-electron chi connectivity index (χ3n) is 6.66. The molecule has 0 spiro atoms. The number of fused-ring (bicyclic) bond motifs is 5. The van der Waals surface area contributed by atoms with E-state index in [1.807, 2.05) is 22.8 Å². The maximum atomic E-state index is 13.5. The first kappa shape index (κ1) is 20.2. The zero-order valence-electron chi connectivity index (χ0n) is 17.8. The van der Waals surface area contributed by atoms with Crippen LogP contribution in [-0.2, 0) is 6.54 Å². The van der Waals surface area contributed by atoms with Gasteiger partial charge in [0, 0.05) is 46.5 Å². The lowest BCUT2D eigenvalue weighted by Crippen LogP contribution is -2.50. The number of hydrogen-bond acceptors (Lipinski definition) is 3. The van der Waals surface area contributed by atoms with Gasteiger partial charge in [-0.15, -0.1) is 11.3 Å². The van der Waals surface area contributed by atoms with Gasteiger partial charge in [-0.2, -0.15) is 0 Å². The van der Waals surface area contributed by atoms with Crippen LogP contribution in [0.2, 0.25) is 0 Å². The Labute approximate surface area is 194 Å². The van der Waals surface area contributed by atoms with Crippen molar-refractivity contribution in [3.8, 4) is 10.4 Å². The van der Waals surface area contributed by atoms with Crippen LogP contribution in [0.4, 0.5) is 14.9 Å². The first-order valence-corrected chi connectivity index (χ1v) is 11.9. The molecule has 0 radical (unpaired) electrons. The minimum absolute atomic E-state index is 0.0476. The Bertz CT molecular complexity index is 1410. The van der Waals surface area contributed by atoms with Crippen LogP contribution in [0.15, 0.2) is 71.5 Å². The van der Waals surface area contributed by atoms with Gasteiger partial charge >= 0.3 is 6.03 Å². The SMILES string of the molecule is O=C(Nc1cccc(F)c1)N1C[C@@H]2C[C@H](C1)c1ccc(-c3cc4ccccc4s3)c(=O)n1C2. The first-order valence-electron chi connectivity index (χ1n) is 11.1. The van der Waals surface area contributed by atoms with Crippen LogP contribution >= 0.6 is 11.3 Å². The Hall–Kier alpha value is -3.45. The van der Waals surface area contributed by atoms with Crippen LogP contribution in [0.3, 0.4) is 0 Å². The number of nitrogens with zero attached hydrogens (tertiary/aromatic N) is 2. The van der Waals surface area contributed by atoms with Gasteiger partial charge in [-0.05, 0) is 60.2 Å². The zero-order valence-corrected chi connectivity index (χ0v) is 18.6. The molecule has 0 aliphatic carbocycles. The molecule has 33 heavy (non-hydrogen) atoms. The van der Waals surface area contributed by atoms with E-state index in [0.717, 1.165) is 27.9 Å². The molecule has 4 heterocycles. The van der Waals surface area contributed by atoms with E-state index in [4.69, 9.17) is 0 Å². The average Bonchev–Trinajstić information content (AvgIpc) is 3.23. The fraction of sp³-hybridized carbons (Fsp3) is 0.231. The molecular formula is C26H22FN3O2S. The molecule has 1 fully saturated rings. The monoisotopic (exact) mass is 459 g/mol. The lowest BCUT2D eigenvalue weighted by Gasteiger charge is -2.42. The van der Waals surface area contributed by atoms with E-state index in [2.05, 4.69) is 29.6 Å². The van der Waals surface area contributed by atoms with Crippen molar-refractivity contribution in [2.75, 3.05) is 18.4 Å². The molecule has 2 atom stereocenters. The van der Waals surface area contributed by atoms with E-state index >= 15 is 0 Å². The summed E-state index contributed by atoms with van der Waals surface area (Å²) in [5.74, 6) is -0.0594. The molecule has 2 aliphatic heterocycles. The summed E-state index contributed by atoms with van der Waals surface area (Å²) in [4.78, 5) is 29.1. The summed E-state index contributed by atoms with van der Waals surface area (Å²) in [6.45, 7) is 1.73. The summed E-state index contributed by atoms with van der Waals surface area (Å²) in [7, 11) is 0. The van der Waals surface area contributed by atoms with Gasteiger partial charge < -0.3 is 14.8 Å². The van der Waals surface area contributed by atoms with Crippen molar-refractivity contribution >= 4 is 33.1 Å². The number of halogens is 1. The van der Waals surface area contributed by atoms with Crippen LogP contribution in [0.25, 0.3) is 20.5 Å². The molecule has 6 rings (SSSR count). The smallest absolute Gasteiger partial charge is 0.321 e. The number of nitrogens with one attached hydrogen (secondary N) is 1. The Morgan fingerprint density at radius 3 is 2.73 bits per heavy atom. The summed E-state index contributed by atoms with van der Waals surface area (Å²) in [5, 5.41) is 3.95. The average molecular weight is 460 g/mol. The van der Waals surface area contributed by atoms with E-state index in [1.165, 1.54) is 16.8 Å². The van der Waals surface area contributed by atoms with Crippen LogP contribution in [0.1, 0.15) is 18.0 Å². The molecule has 2 aliphatic rings. The Morgan fingerprint density at radius 2 is 1.88 bits per heavy atom. The van der Waals surface area contributed by atoms with Crippen LogP contribution in [-0.4, -0.2) is 28.6 Å². The van der Waals surface area contributed by atoms with Gasteiger partial charge in [0.2, 0.25) is 0 Å². The fourth-order valence-corrected chi connectivity index (χ4v) is 6.26. The molecular weight excluding hydrogens is 437 g/mol. The second kappa shape index (κ2) is 7.85. The highest BCUT2D eigenvalue weighted by Gasteiger charge is 2.36. The molecule has 0 unspecified atom stereocenters. The molecule has 0 saturated carbocycles.